The van der Waals surface area contributed by atoms with Crippen molar-refractivity contribution in [2.24, 2.45) is 11.8 Å². The van der Waals surface area contributed by atoms with Crippen molar-refractivity contribution in [3.63, 3.8) is 0 Å². The maximum absolute atomic E-state index is 13.1. The summed E-state index contributed by atoms with van der Waals surface area (Å²) in [7, 11) is -3.21. The molecule has 1 saturated heterocycles. The lowest BCUT2D eigenvalue weighted by molar-refractivity contribution is 0.152. The van der Waals surface area contributed by atoms with Crippen LogP contribution in [0.4, 0.5) is 0 Å². The maximum Gasteiger partial charge on any atom is 0.184 e. The molecule has 0 aromatic heterocycles. The topological polar surface area (TPSA) is 37.4 Å². The third kappa shape index (κ3) is 3.95. The Kier molecular flexibility index (Phi) is 5.89. The molecule has 1 aliphatic heterocycles. The van der Waals surface area contributed by atoms with Crippen LogP contribution >= 0.6 is 0 Å². The molecule has 4 heteroatoms. The zero-order chi connectivity index (χ0) is 17.9. The largest absolute Gasteiger partial charge is 0.303 e. The summed E-state index contributed by atoms with van der Waals surface area (Å²) in [6, 6.07) is 9.06. The highest BCUT2D eigenvalue weighted by atomic mass is 32.2. The SMILES string of the molecule is CC(C)C1CCN(CCCC2(S(=O)(=O)c3ccccc3)CCC2)CC1. The van der Waals surface area contributed by atoms with Gasteiger partial charge in [-0.2, -0.15) is 0 Å². The fraction of sp³-hybridized carbons (Fsp3) is 0.714. The Morgan fingerprint density at radius 1 is 1.12 bits per heavy atom. The number of likely N-dealkylation sites (tertiary alicyclic amines) is 1. The second kappa shape index (κ2) is 7.79. The number of rotatable bonds is 7. The van der Waals surface area contributed by atoms with Gasteiger partial charge in [0.2, 0.25) is 0 Å². The minimum Gasteiger partial charge on any atom is -0.303 e. The molecule has 0 atom stereocenters. The van der Waals surface area contributed by atoms with Gasteiger partial charge in [-0.05, 0) is 82.1 Å². The molecule has 1 saturated carbocycles. The van der Waals surface area contributed by atoms with Crippen LogP contribution in [0, 0.1) is 11.8 Å². The van der Waals surface area contributed by atoms with Crippen molar-refractivity contribution in [3.05, 3.63) is 30.3 Å². The highest BCUT2D eigenvalue weighted by Gasteiger charge is 2.48. The molecule has 0 spiro atoms. The smallest absolute Gasteiger partial charge is 0.184 e. The molecule has 2 fully saturated rings. The van der Waals surface area contributed by atoms with Crippen molar-refractivity contribution < 1.29 is 8.42 Å². The minimum absolute atomic E-state index is 0.495. The van der Waals surface area contributed by atoms with Crippen LogP contribution in [0.15, 0.2) is 35.2 Å². The number of sulfone groups is 1. The molecule has 0 amide bonds. The predicted octanol–water partition coefficient (Wildman–Crippen LogP) is 4.53. The van der Waals surface area contributed by atoms with Gasteiger partial charge in [-0.1, -0.05) is 38.5 Å². The van der Waals surface area contributed by atoms with E-state index in [0.29, 0.717) is 4.90 Å². The number of nitrogens with zero attached hydrogens (tertiary/aromatic N) is 1. The molecule has 1 aromatic carbocycles. The average Bonchev–Trinajstić information content (AvgIpc) is 2.58. The molecule has 0 bridgehead atoms. The van der Waals surface area contributed by atoms with E-state index in [2.05, 4.69) is 18.7 Å². The Morgan fingerprint density at radius 2 is 1.76 bits per heavy atom. The lowest BCUT2D eigenvalue weighted by atomic mass is 9.80. The first-order valence-corrected chi connectivity index (χ1v) is 11.4. The number of benzene rings is 1. The highest BCUT2D eigenvalue weighted by Crippen LogP contribution is 2.46. The van der Waals surface area contributed by atoms with E-state index in [0.717, 1.165) is 50.5 Å². The quantitative estimate of drug-likeness (QED) is 0.714. The van der Waals surface area contributed by atoms with Gasteiger partial charge in [-0.25, -0.2) is 8.42 Å². The summed E-state index contributed by atoms with van der Waals surface area (Å²) in [5.74, 6) is 1.66. The molecule has 25 heavy (non-hydrogen) atoms. The Balaban J connectivity index is 1.55. The number of hydrogen-bond acceptors (Lipinski definition) is 3. The second-order valence-electron chi connectivity index (χ2n) is 8.38. The summed E-state index contributed by atoms with van der Waals surface area (Å²) in [5.41, 5.74) is 0. The molecule has 1 aliphatic carbocycles. The average molecular weight is 364 g/mol. The van der Waals surface area contributed by atoms with E-state index < -0.39 is 14.6 Å². The van der Waals surface area contributed by atoms with Gasteiger partial charge in [0.1, 0.15) is 0 Å². The van der Waals surface area contributed by atoms with Crippen LogP contribution in [-0.2, 0) is 9.84 Å². The fourth-order valence-corrected chi connectivity index (χ4v) is 6.80. The van der Waals surface area contributed by atoms with Crippen molar-refractivity contribution in [2.75, 3.05) is 19.6 Å². The molecule has 0 N–H and O–H groups in total. The highest BCUT2D eigenvalue weighted by molar-refractivity contribution is 7.93. The van der Waals surface area contributed by atoms with Crippen LogP contribution in [0.25, 0.3) is 0 Å². The Morgan fingerprint density at radius 3 is 2.28 bits per heavy atom. The summed E-state index contributed by atoms with van der Waals surface area (Å²) in [4.78, 5) is 3.05. The van der Waals surface area contributed by atoms with Gasteiger partial charge in [-0.3, -0.25) is 0 Å². The normalized spacial score (nSPS) is 22.0. The van der Waals surface area contributed by atoms with Crippen LogP contribution in [0.1, 0.15) is 58.8 Å². The molecule has 0 unspecified atom stereocenters. The van der Waals surface area contributed by atoms with Crippen LogP contribution in [0.5, 0.6) is 0 Å². The summed E-state index contributed by atoms with van der Waals surface area (Å²) < 4.78 is 25.8. The number of hydrogen-bond donors (Lipinski definition) is 0. The zero-order valence-corrected chi connectivity index (χ0v) is 16.6. The summed E-state index contributed by atoms with van der Waals surface area (Å²) in [6.07, 6.45) is 7.12. The van der Waals surface area contributed by atoms with Gasteiger partial charge in [0, 0.05) is 0 Å². The lowest BCUT2D eigenvalue weighted by Gasteiger charge is -2.42. The standard InChI is InChI=1S/C21H33NO2S/c1-18(2)19-10-16-22(17-11-19)15-7-14-21(12-6-13-21)25(23,24)20-8-4-3-5-9-20/h3-5,8-9,18-19H,6-7,10-17H2,1-2H3. The van der Waals surface area contributed by atoms with Crippen molar-refractivity contribution in [2.45, 2.75) is 68.4 Å². The molecule has 3 rings (SSSR count). The van der Waals surface area contributed by atoms with Gasteiger partial charge in [-0.15, -0.1) is 0 Å². The first-order chi connectivity index (χ1) is 11.9. The van der Waals surface area contributed by atoms with Crippen molar-refractivity contribution in [3.8, 4) is 0 Å². The van der Waals surface area contributed by atoms with E-state index in [9.17, 15) is 8.42 Å². The molecule has 0 radical (unpaired) electrons. The van der Waals surface area contributed by atoms with Gasteiger partial charge in [0.05, 0.1) is 9.64 Å². The predicted molar refractivity (Wildman–Crippen MR) is 103 cm³/mol. The van der Waals surface area contributed by atoms with E-state index >= 15 is 0 Å². The summed E-state index contributed by atoms with van der Waals surface area (Å²) in [6.45, 7) is 8.07. The molecule has 2 aliphatic rings. The van der Waals surface area contributed by atoms with E-state index in [4.69, 9.17) is 0 Å². The Bertz CT molecular complexity index is 642. The molecular weight excluding hydrogens is 330 g/mol. The van der Waals surface area contributed by atoms with E-state index in [1.54, 1.807) is 12.1 Å². The van der Waals surface area contributed by atoms with E-state index in [1.165, 1.54) is 25.9 Å². The minimum atomic E-state index is -3.21. The Hall–Kier alpha value is -0.870. The van der Waals surface area contributed by atoms with Crippen LogP contribution < -0.4 is 0 Å². The summed E-state index contributed by atoms with van der Waals surface area (Å²) in [5, 5.41) is 0. The third-order valence-corrected chi connectivity index (χ3v) is 9.22. The monoisotopic (exact) mass is 363 g/mol. The first kappa shape index (κ1) is 18.9. The first-order valence-electron chi connectivity index (χ1n) is 9.97. The molecule has 1 heterocycles. The second-order valence-corrected chi connectivity index (χ2v) is 10.7. The van der Waals surface area contributed by atoms with Crippen molar-refractivity contribution in [1.29, 1.82) is 0 Å². The van der Waals surface area contributed by atoms with Gasteiger partial charge >= 0.3 is 0 Å². The Labute approximate surface area is 153 Å². The van der Waals surface area contributed by atoms with Gasteiger partial charge < -0.3 is 4.90 Å². The van der Waals surface area contributed by atoms with Crippen LogP contribution in [0.2, 0.25) is 0 Å². The van der Waals surface area contributed by atoms with Gasteiger partial charge in [0.25, 0.3) is 0 Å². The van der Waals surface area contributed by atoms with Crippen LogP contribution in [0.3, 0.4) is 0 Å². The summed E-state index contributed by atoms with van der Waals surface area (Å²) >= 11 is 0. The van der Waals surface area contributed by atoms with Crippen LogP contribution in [-0.4, -0.2) is 37.7 Å². The molecule has 1 aromatic rings. The van der Waals surface area contributed by atoms with Gasteiger partial charge in [0.15, 0.2) is 9.84 Å². The third-order valence-electron chi connectivity index (χ3n) is 6.57. The molecule has 140 valence electrons. The van der Waals surface area contributed by atoms with E-state index in [-0.39, 0.29) is 0 Å². The van der Waals surface area contributed by atoms with E-state index in [1.807, 2.05) is 18.2 Å². The number of piperidine rings is 1. The zero-order valence-electron chi connectivity index (χ0n) is 15.8. The molecular formula is C21H33NO2S. The fourth-order valence-electron chi connectivity index (χ4n) is 4.54. The molecule has 3 nitrogen and oxygen atoms in total. The van der Waals surface area contributed by atoms with Crippen molar-refractivity contribution >= 4 is 9.84 Å². The lowest BCUT2D eigenvalue weighted by Crippen LogP contribution is -2.46. The maximum atomic E-state index is 13.1. The van der Waals surface area contributed by atoms with Crippen molar-refractivity contribution in [1.82, 2.24) is 4.90 Å².